The van der Waals surface area contributed by atoms with Gasteiger partial charge in [-0.25, -0.2) is 4.79 Å². The lowest BCUT2D eigenvalue weighted by molar-refractivity contribution is -0.112. The SMILES string of the molecule is CCOC(=O)c1c(NC(=O)/C(C#N)=C/c2ccc(-c3cccc(Cl)c3Cl)o2)sc2c1CCC(C)C2. The Morgan fingerprint density at radius 2 is 2.11 bits per heavy atom. The number of thiophene rings is 1. The van der Waals surface area contributed by atoms with Gasteiger partial charge < -0.3 is 14.5 Å². The second kappa shape index (κ2) is 10.7. The van der Waals surface area contributed by atoms with E-state index in [9.17, 15) is 14.9 Å². The third-order valence-corrected chi connectivity index (χ3v) is 7.70. The maximum Gasteiger partial charge on any atom is 0.341 e. The first-order valence-electron chi connectivity index (χ1n) is 11.1. The van der Waals surface area contributed by atoms with Crippen LogP contribution in [-0.2, 0) is 22.4 Å². The maximum atomic E-state index is 13.0. The molecule has 6 nitrogen and oxygen atoms in total. The van der Waals surface area contributed by atoms with Crippen LogP contribution in [0.5, 0.6) is 0 Å². The van der Waals surface area contributed by atoms with Crippen LogP contribution in [0.3, 0.4) is 0 Å². The molecule has 0 aliphatic heterocycles. The first-order valence-corrected chi connectivity index (χ1v) is 12.7. The van der Waals surface area contributed by atoms with Crippen molar-refractivity contribution in [2.75, 3.05) is 11.9 Å². The zero-order chi connectivity index (χ0) is 25.1. The van der Waals surface area contributed by atoms with Crippen molar-refractivity contribution in [2.24, 2.45) is 5.92 Å². The lowest BCUT2D eigenvalue weighted by Gasteiger charge is -2.18. The van der Waals surface area contributed by atoms with Crippen molar-refractivity contribution in [3.05, 3.63) is 67.7 Å². The number of anilines is 1. The highest BCUT2D eigenvalue weighted by Crippen LogP contribution is 2.40. The number of rotatable bonds is 6. The molecule has 1 unspecified atom stereocenters. The highest BCUT2D eigenvalue weighted by atomic mass is 35.5. The summed E-state index contributed by atoms with van der Waals surface area (Å²) < 4.78 is 11.0. The third kappa shape index (κ3) is 5.30. The summed E-state index contributed by atoms with van der Waals surface area (Å²) in [6.07, 6.45) is 3.89. The van der Waals surface area contributed by atoms with Gasteiger partial charge in [0.15, 0.2) is 0 Å². The van der Waals surface area contributed by atoms with Crippen LogP contribution < -0.4 is 5.32 Å². The van der Waals surface area contributed by atoms with Gasteiger partial charge in [0, 0.05) is 16.5 Å². The Labute approximate surface area is 217 Å². The standard InChI is InChI=1S/C26H22Cl2N2O4S/c1-3-33-26(32)22-18-9-7-14(2)11-21(18)35-25(22)30-24(31)15(13-29)12-16-8-10-20(34-16)17-5-4-6-19(27)23(17)28/h4-6,8,10,12,14H,3,7,9,11H2,1-2H3,(H,30,31)/b15-12+. The van der Waals surface area contributed by atoms with Gasteiger partial charge in [0.1, 0.15) is 28.2 Å². The Balaban J connectivity index is 1.61. The molecule has 1 atom stereocenters. The Bertz CT molecular complexity index is 1370. The Kier molecular flexibility index (Phi) is 7.66. The summed E-state index contributed by atoms with van der Waals surface area (Å²) in [5, 5.41) is 13.5. The van der Waals surface area contributed by atoms with Gasteiger partial charge in [-0.1, -0.05) is 36.2 Å². The molecule has 3 aromatic rings. The first-order chi connectivity index (χ1) is 16.8. The Morgan fingerprint density at radius 1 is 1.31 bits per heavy atom. The van der Waals surface area contributed by atoms with Gasteiger partial charge in [0.2, 0.25) is 0 Å². The second-order valence-electron chi connectivity index (χ2n) is 8.20. The molecule has 0 radical (unpaired) electrons. The van der Waals surface area contributed by atoms with Crippen LogP contribution >= 0.6 is 34.5 Å². The summed E-state index contributed by atoms with van der Waals surface area (Å²) in [5.74, 6) is 0.143. The number of carbonyl (C=O) groups is 2. The van der Waals surface area contributed by atoms with Crippen LogP contribution in [0.1, 0.15) is 46.8 Å². The molecule has 2 heterocycles. The largest absolute Gasteiger partial charge is 0.462 e. The molecule has 1 amide bonds. The fourth-order valence-electron chi connectivity index (χ4n) is 3.99. The zero-order valence-corrected chi connectivity index (χ0v) is 21.4. The molecule has 0 saturated heterocycles. The van der Waals surface area contributed by atoms with E-state index in [4.69, 9.17) is 32.4 Å². The monoisotopic (exact) mass is 528 g/mol. The summed E-state index contributed by atoms with van der Waals surface area (Å²) >= 11 is 13.7. The average Bonchev–Trinajstić information content (AvgIpc) is 3.43. The van der Waals surface area contributed by atoms with Gasteiger partial charge >= 0.3 is 5.97 Å². The fourth-order valence-corrected chi connectivity index (χ4v) is 5.78. The van der Waals surface area contributed by atoms with Crippen molar-refractivity contribution in [1.82, 2.24) is 0 Å². The topological polar surface area (TPSA) is 92.3 Å². The zero-order valence-electron chi connectivity index (χ0n) is 19.1. The number of nitrogens with zero attached hydrogens (tertiary/aromatic N) is 1. The van der Waals surface area contributed by atoms with E-state index in [0.29, 0.717) is 43.6 Å². The molecule has 9 heteroatoms. The molecule has 0 saturated carbocycles. The first kappa shape index (κ1) is 25.1. The van der Waals surface area contributed by atoms with Crippen molar-refractivity contribution in [3.8, 4) is 17.4 Å². The van der Waals surface area contributed by atoms with Crippen LogP contribution in [0.25, 0.3) is 17.4 Å². The maximum absolute atomic E-state index is 13.0. The number of benzene rings is 1. The number of esters is 1. The van der Waals surface area contributed by atoms with Crippen molar-refractivity contribution in [1.29, 1.82) is 5.26 Å². The van der Waals surface area contributed by atoms with Crippen LogP contribution in [0, 0.1) is 17.2 Å². The van der Waals surface area contributed by atoms with Gasteiger partial charge in [0.25, 0.3) is 5.91 Å². The molecule has 0 spiro atoms. The van der Waals surface area contributed by atoms with E-state index >= 15 is 0 Å². The van der Waals surface area contributed by atoms with Crippen LogP contribution in [-0.4, -0.2) is 18.5 Å². The van der Waals surface area contributed by atoms with Crippen molar-refractivity contribution in [2.45, 2.75) is 33.1 Å². The summed E-state index contributed by atoms with van der Waals surface area (Å²) in [5.41, 5.74) is 1.75. The minimum atomic E-state index is -0.636. The smallest absolute Gasteiger partial charge is 0.341 e. The van der Waals surface area contributed by atoms with Gasteiger partial charge in [-0.3, -0.25) is 4.79 Å². The predicted molar refractivity (Wildman–Crippen MR) is 138 cm³/mol. The van der Waals surface area contributed by atoms with Crippen LogP contribution in [0.4, 0.5) is 5.00 Å². The number of fused-ring (bicyclic) bond motifs is 1. The lowest BCUT2D eigenvalue weighted by Crippen LogP contribution is -2.17. The van der Waals surface area contributed by atoms with Gasteiger partial charge in [-0.05, 0) is 61.9 Å². The molecule has 1 aliphatic carbocycles. The van der Waals surface area contributed by atoms with E-state index in [1.165, 1.54) is 17.4 Å². The lowest BCUT2D eigenvalue weighted by atomic mass is 9.88. The van der Waals surface area contributed by atoms with E-state index in [1.807, 2.05) is 6.07 Å². The third-order valence-electron chi connectivity index (χ3n) is 5.71. The molecule has 2 aromatic heterocycles. The number of carbonyl (C=O) groups excluding carboxylic acids is 2. The molecular formula is C26H22Cl2N2O4S. The highest BCUT2D eigenvalue weighted by Gasteiger charge is 2.29. The number of nitrogens with one attached hydrogen (secondary N) is 1. The molecule has 0 bridgehead atoms. The van der Waals surface area contributed by atoms with E-state index in [0.717, 1.165) is 29.7 Å². The minimum absolute atomic E-state index is 0.169. The number of amides is 1. The number of hydrogen-bond donors (Lipinski definition) is 1. The van der Waals surface area contributed by atoms with E-state index < -0.39 is 11.9 Å². The summed E-state index contributed by atoms with van der Waals surface area (Å²) in [4.78, 5) is 26.8. The van der Waals surface area contributed by atoms with Gasteiger partial charge in [-0.15, -0.1) is 11.3 Å². The van der Waals surface area contributed by atoms with Gasteiger partial charge in [0.05, 0.1) is 22.2 Å². The minimum Gasteiger partial charge on any atom is -0.462 e. The Hall–Kier alpha value is -3.05. The molecule has 0 fully saturated rings. The number of furan rings is 1. The molecule has 1 aliphatic rings. The second-order valence-corrected chi connectivity index (χ2v) is 10.1. The number of halogens is 2. The van der Waals surface area contributed by atoms with E-state index in [1.54, 1.807) is 37.3 Å². The summed E-state index contributed by atoms with van der Waals surface area (Å²) in [7, 11) is 0. The molecule has 1 N–H and O–H groups in total. The summed E-state index contributed by atoms with van der Waals surface area (Å²) in [6.45, 7) is 4.13. The van der Waals surface area contributed by atoms with E-state index in [-0.39, 0.29) is 12.2 Å². The van der Waals surface area contributed by atoms with Crippen molar-refractivity contribution >= 4 is 57.5 Å². The quantitative estimate of drug-likeness (QED) is 0.208. The van der Waals surface area contributed by atoms with Crippen molar-refractivity contribution < 1.29 is 18.7 Å². The molecule has 180 valence electrons. The van der Waals surface area contributed by atoms with Gasteiger partial charge in [-0.2, -0.15) is 5.26 Å². The summed E-state index contributed by atoms with van der Waals surface area (Å²) in [6, 6.07) is 10.4. The number of nitriles is 1. The number of ether oxygens (including phenoxy) is 1. The highest BCUT2D eigenvalue weighted by molar-refractivity contribution is 7.17. The van der Waals surface area contributed by atoms with Crippen LogP contribution in [0.15, 0.2) is 40.3 Å². The Morgan fingerprint density at radius 3 is 2.86 bits per heavy atom. The van der Waals surface area contributed by atoms with Crippen LogP contribution in [0.2, 0.25) is 10.0 Å². The molecular weight excluding hydrogens is 507 g/mol. The van der Waals surface area contributed by atoms with Crippen molar-refractivity contribution in [3.63, 3.8) is 0 Å². The molecule has 35 heavy (non-hydrogen) atoms. The molecule has 1 aromatic carbocycles. The predicted octanol–water partition coefficient (Wildman–Crippen LogP) is 7.16. The van der Waals surface area contributed by atoms with E-state index in [2.05, 4.69) is 12.2 Å². The normalized spacial score (nSPS) is 15.3. The molecule has 4 rings (SSSR count). The number of hydrogen-bond acceptors (Lipinski definition) is 6. The fraction of sp³-hybridized carbons (Fsp3) is 0.269. The average molecular weight is 529 g/mol.